The summed E-state index contributed by atoms with van der Waals surface area (Å²) in [6.45, 7) is 7.24. The van der Waals surface area contributed by atoms with Crippen LogP contribution in [0.25, 0.3) is 9.88 Å². The average molecular weight is 430 g/mol. The molecule has 7 heteroatoms. The molecule has 1 saturated heterocycles. The number of carbonyl (C=O) groups is 1. The molecule has 1 aliphatic heterocycles. The van der Waals surface area contributed by atoms with Crippen molar-refractivity contribution in [3.8, 4) is 9.88 Å². The summed E-state index contributed by atoms with van der Waals surface area (Å²) in [4.78, 5) is 21.7. The van der Waals surface area contributed by atoms with E-state index in [1.54, 1.807) is 11.3 Å². The topological polar surface area (TPSA) is 45.2 Å². The number of carbonyl (C=O) groups excluding carboxylic acids is 1. The maximum atomic E-state index is 12.8. The molecular weight excluding hydrogens is 406 g/mol. The van der Waals surface area contributed by atoms with Gasteiger partial charge >= 0.3 is 0 Å². The van der Waals surface area contributed by atoms with Crippen molar-refractivity contribution in [3.05, 3.63) is 57.4 Å². The van der Waals surface area contributed by atoms with Gasteiger partial charge in [0.2, 0.25) is 0 Å². The molecule has 1 N–H and O–H groups in total. The second kappa shape index (κ2) is 8.78. The van der Waals surface area contributed by atoms with Gasteiger partial charge in [-0.3, -0.25) is 9.69 Å². The van der Waals surface area contributed by atoms with E-state index in [1.165, 1.54) is 28.4 Å². The highest BCUT2D eigenvalue weighted by Crippen LogP contribution is 2.31. The standard InChI is InChI=1S/C21H23N3OS3/c1-14-12-16(13-24-7-10-26-11-8-24)5-6-17(14)23-20(25)19-15(2)22-21(28-19)18-4-3-9-27-18/h3-6,9,12H,7-8,10-11,13H2,1-2H3,(H,23,25). The number of nitrogens with one attached hydrogen (secondary N) is 1. The van der Waals surface area contributed by atoms with Crippen LogP contribution in [0.5, 0.6) is 0 Å². The summed E-state index contributed by atoms with van der Waals surface area (Å²) in [7, 11) is 0. The van der Waals surface area contributed by atoms with Gasteiger partial charge in [-0.25, -0.2) is 4.98 Å². The van der Waals surface area contributed by atoms with E-state index >= 15 is 0 Å². The van der Waals surface area contributed by atoms with Crippen LogP contribution >= 0.6 is 34.4 Å². The van der Waals surface area contributed by atoms with E-state index in [2.05, 4.69) is 34.3 Å². The number of aromatic nitrogens is 1. The van der Waals surface area contributed by atoms with Crippen LogP contribution in [0.2, 0.25) is 0 Å². The Morgan fingerprint density at radius 1 is 1.21 bits per heavy atom. The molecule has 1 fully saturated rings. The smallest absolute Gasteiger partial charge is 0.267 e. The normalized spacial score (nSPS) is 14.9. The number of thiazole rings is 1. The summed E-state index contributed by atoms with van der Waals surface area (Å²) in [6, 6.07) is 10.4. The Bertz CT molecular complexity index is 959. The van der Waals surface area contributed by atoms with Gasteiger partial charge in [-0.05, 0) is 42.5 Å². The number of nitrogens with zero attached hydrogens (tertiary/aromatic N) is 2. The molecule has 0 aliphatic carbocycles. The van der Waals surface area contributed by atoms with Crippen LogP contribution in [-0.2, 0) is 6.54 Å². The van der Waals surface area contributed by atoms with Crippen LogP contribution in [-0.4, -0.2) is 40.4 Å². The highest BCUT2D eigenvalue weighted by molar-refractivity contribution is 7.99. The van der Waals surface area contributed by atoms with Crippen LogP contribution < -0.4 is 5.32 Å². The molecule has 0 radical (unpaired) electrons. The molecule has 0 unspecified atom stereocenters. The Balaban J connectivity index is 1.46. The number of hydrogen-bond donors (Lipinski definition) is 1. The van der Waals surface area contributed by atoms with Crippen molar-refractivity contribution in [3.63, 3.8) is 0 Å². The Hall–Kier alpha value is -1.67. The van der Waals surface area contributed by atoms with E-state index in [4.69, 9.17) is 0 Å². The quantitative estimate of drug-likeness (QED) is 0.599. The van der Waals surface area contributed by atoms with E-state index in [1.807, 2.05) is 42.3 Å². The summed E-state index contributed by atoms with van der Waals surface area (Å²) < 4.78 is 0. The minimum atomic E-state index is -0.0817. The zero-order valence-electron chi connectivity index (χ0n) is 16.0. The van der Waals surface area contributed by atoms with Crippen molar-refractivity contribution < 1.29 is 4.79 Å². The van der Waals surface area contributed by atoms with Crippen LogP contribution in [0.1, 0.15) is 26.5 Å². The maximum Gasteiger partial charge on any atom is 0.267 e. The molecule has 146 valence electrons. The number of benzene rings is 1. The first-order valence-corrected chi connectivity index (χ1v) is 12.2. The second-order valence-electron chi connectivity index (χ2n) is 6.90. The number of aryl methyl sites for hydroxylation is 2. The van der Waals surface area contributed by atoms with E-state index in [-0.39, 0.29) is 5.91 Å². The summed E-state index contributed by atoms with van der Waals surface area (Å²) in [5.41, 5.74) is 4.05. The Morgan fingerprint density at radius 3 is 2.75 bits per heavy atom. The van der Waals surface area contributed by atoms with Crippen molar-refractivity contribution in [1.29, 1.82) is 0 Å². The minimum absolute atomic E-state index is 0.0817. The fourth-order valence-corrected chi connectivity index (χ4v) is 6.01. The van der Waals surface area contributed by atoms with Gasteiger partial charge < -0.3 is 5.32 Å². The fourth-order valence-electron chi connectivity index (χ4n) is 3.27. The Morgan fingerprint density at radius 2 is 2.04 bits per heavy atom. The molecule has 1 aliphatic rings. The molecule has 1 amide bonds. The number of rotatable bonds is 5. The van der Waals surface area contributed by atoms with Gasteiger partial charge in [-0.1, -0.05) is 18.2 Å². The van der Waals surface area contributed by atoms with Crippen molar-refractivity contribution >= 4 is 46.0 Å². The van der Waals surface area contributed by atoms with Gasteiger partial charge in [0.05, 0.1) is 10.6 Å². The highest BCUT2D eigenvalue weighted by atomic mass is 32.2. The van der Waals surface area contributed by atoms with Crippen molar-refractivity contribution in [2.45, 2.75) is 20.4 Å². The Kier molecular flexibility index (Phi) is 6.16. The van der Waals surface area contributed by atoms with Gasteiger partial charge in [0.15, 0.2) is 0 Å². The first-order valence-electron chi connectivity index (χ1n) is 9.32. The third kappa shape index (κ3) is 4.49. The molecule has 4 nitrogen and oxygen atoms in total. The average Bonchev–Trinajstić information content (AvgIpc) is 3.34. The molecule has 0 bridgehead atoms. The summed E-state index contributed by atoms with van der Waals surface area (Å²) in [5, 5.41) is 6.01. The number of thioether (sulfide) groups is 1. The SMILES string of the molecule is Cc1cc(CN2CCSCC2)ccc1NC(=O)c1sc(-c2cccs2)nc1C. The van der Waals surface area contributed by atoms with Gasteiger partial charge in [-0.2, -0.15) is 11.8 Å². The molecule has 3 aromatic rings. The van der Waals surface area contributed by atoms with Crippen LogP contribution in [0.15, 0.2) is 35.7 Å². The highest BCUT2D eigenvalue weighted by Gasteiger charge is 2.18. The number of thiophene rings is 1. The van der Waals surface area contributed by atoms with Crippen LogP contribution in [0.3, 0.4) is 0 Å². The minimum Gasteiger partial charge on any atom is -0.321 e. The molecule has 0 saturated carbocycles. The fraction of sp³-hybridized carbons (Fsp3) is 0.333. The molecule has 4 rings (SSSR count). The summed E-state index contributed by atoms with van der Waals surface area (Å²) in [5.74, 6) is 2.35. The van der Waals surface area contributed by atoms with Crippen molar-refractivity contribution in [2.75, 3.05) is 29.9 Å². The number of anilines is 1. The first kappa shape index (κ1) is 19.6. The predicted octanol–water partition coefficient (Wildman–Crippen LogP) is 5.29. The largest absolute Gasteiger partial charge is 0.321 e. The third-order valence-corrected chi connectivity index (χ3v) is 7.92. The monoisotopic (exact) mass is 429 g/mol. The lowest BCUT2D eigenvalue weighted by molar-refractivity contribution is 0.102. The van der Waals surface area contributed by atoms with Crippen molar-refractivity contribution in [1.82, 2.24) is 9.88 Å². The predicted molar refractivity (Wildman–Crippen MR) is 122 cm³/mol. The van der Waals surface area contributed by atoms with E-state index in [9.17, 15) is 4.79 Å². The Labute approximate surface area is 178 Å². The molecule has 28 heavy (non-hydrogen) atoms. The van der Waals surface area contributed by atoms with Gasteiger partial charge in [-0.15, -0.1) is 22.7 Å². The number of amides is 1. The summed E-state index contributed by atoms with van der Waals surface area (Å²) in [6.07, 6.45) is 0. The maximum absolute atomic E-state index is 12.8. The van der Waals surface area contributed by atoms with Crippen molar-refractivity contribution in [2.24, 2.45) is 0 Å². The lowest BCUT2D eigenvalue weighted by Gasteiger charge is -2.26. The molecule has 2 aromatic heterocycles. The second-order valence-corrected chi connectivity index (χ2v) is 10.1. The lowest BCUT2D eigenvalue weighted by Crippen LogP contribution is -2.31. The van der Waals surface area contributed by atoms with Gasteiger partial charge in [0, 0.05) is 36.8 Å². The van der Waals surface area contributed by atoms with Crippen LogP contribution in [0, 0.1) is 13.8 Å². The molecular formula is C21H23N3OS3. The van der Waals surface area contributed by atoms with E-state index < -0.39 is 0 Å². The lowest BCUT2D eigenvalue weighted by atomic mass is 10.1. The van der Waals surface area contributed by atoms with Gasteiger partial charge in [0.25, 0.3) is 5.91 Å². The molecule has 0 atom stereocenters. The van der Waals surface area contributed by atoms with Gasteiger partial charge in [0.1, 0.15) is 9.88 Å². The molecule has 3 heterocycles. The zero-order valence-corrected chi connectivity index (χ0v) is 18.5. The zero-order chi connectivity index (χ0) is 19.5. The van der Waals surface area contributed by atoms with E-state index in [0.29, 0.717) is 4.88 Å². The third-order valence-electron chi connectivity index (χ3n) is 4.78. The van der Waals surface area contributed by atoms with E-state index in [0.717, 1.165) is 46.5 Å². The molecule has 0 spiro atoms. The number of hydrogen-bond acceptors (Lipinski definition) is 6. The van der Waals surface area contributed by atoms with Crippen LogP contribution in [0.4, 0.5) is 5.69 Å². The first-order chi connectivity index (χ1) is 13.6. The summed E-state index contributed by atoms with van der Waals surface area (Å²) >= 11 is 5.13. The molecule has 1 aromatic carbocycles.